The van der Waals surface area contributed by atoms with Crippen molar-refractivity contribution in [3.63, 3.8) is 0 Å². The maximum atomic E-state index is 12.5. The molecule has 0 heterocycles. The molecular formula is C21H33Na2O9P. The van der Waals surface area contributed by atoms with Gasteiger partial charge in [0.25, 0.3) is 0 Å². The van der Waals surface area contributed by atoms with Crippen molar-refractivity contribution in [3.8, 4) is 0 Å². The van der Waals surface area contributed by atoms with Crippen molar-refractivity contribution in [1.82, 2.24) is 0 Å². The predicted octanol–water partition coefficient (Wildman–Crippen LogP) is -4.90. The van der Waals surface area contributed by atoms with E-state index < -0.39 is 54.8 Å². The normalized spacial score (nSPS) is 44.4. The van der Waals surface area contributed by atoms with Crippen LogP contribution in [0.4, 0.5) is 0 Å². The van der Waals surface area contributed by atoms with Crippen molar-refractivity contribution >= 4 is 19.4 Å². The van der Waals surface area contributed by atoms with Gasteiger partial charge in [-0.1, -0.05) is 19.4 Å². The summed E-state index contributed by atoms with van der Waals surface area (Å²) in [7, 11) is -4.88. The van der Waals surface area contributed by atoms with E-state index in [2.05, 4.69) is 0 Å². The Morgan fingerprint density at radius 1 is 1.27 bits per heavy atom. The fourth-order valence-electron chi connectivity index (χ4n) is 7.61. The van der Waals surface area contributed by atoms with Crippen LogP contribution >= 0.6 is 7.82 Å². The van der Waals surface area contributed by atoms with E-state index in [0.29, 0.717) is 19.3 Å². The number of phosphoric ester groups is 1. The van der Waals surface area contributed by atoms with Crippen LogP contribution in [0.5, 0.6) is 0 Å². The molecule has 1 unspecified atom stereocenters. The molecule has 3 saturated carbocycles. The van der Waals surface area contributed by atoms with Gasteiger partial charge in [-0.2, -0.15) is 0 Å². The Morgan fingerprint density at radius 3 is 2.48 bits per heavy atom. The van der Waals surface area contributed by atoms with E-state index in [9.17, 15) is 39.3 Å². The van der Waals surface area contributed by atoms with Crippen LogP contribution in [0.2, 0.25) is 0 Å². The fourth-order valence-corrected chi connectivity index (χ4v) is 8.23. The molecule has 33 heavy (non-hydrogen) atoms. The van der Waals surface area contributed by atoms with Gasteiger partial charge in [-0.15, -0.1) is 0 Å². The minimum atomic E-state index is -4.88. The number of aliphatic hydroxyl groups is 3. The zero-order chi connectivity index (χ0) is 23.0. The number of carbonyl (C=O) groups excluding carboxylic acids is 2. The second kappa shape index (κ2) is 10.1. The molecule has 0 bridgehead atoms. The molecule has 4 aliphatic carbocycles. The largest absolute Gasteiger partial charge is 1.00 e. The summed E-state index contributed by atoms with van der Waals surface area (Å²) in [6, 6.07) is 0. The maximum absolute atomic E-state index is 12.5. The number of aliphatic hydroxyl groups excluding tert-OH is 2. The van der Waals surface area contributed by atoms with Gasteiger partial charge in [0.05, 0.1) is 12.2 Å². The van der Waals surface area contributed by atoms with Crippen LogP contribution < -0.4 is 59.1 Å². The van der Waals surface area contributed by atoms with E-state index in [1.165, 1.54) is 6.08 Å². The Kier molecular flexibility index (Phi) is 9.26. The third-order valence-electron chi connectivity index (χ3n) is 9.00. The molecule has 0 radical (unpaired) electrons. The van der Waals surface area contributed by atoms with Gasteiger partial charge in [-0.25, -0.2) is 4.57 Å². The Bertz CT molecular complexity index is 902. The molecule has 0 aliphatic heterocycles. The van der Waals surface area contributed by atoms with Gasteiger partial charge in [0.15, 0.2) is 11.6 Å². The molecule has 3 fully saturated rings. The van der Waals surface area contributed by atoms with Crippen LogP contribution in [0.25, 0.3) is 0 Å². The molecular weight excluding hydrogens is 473 g/mol. The molecule has 9 nitrogen and oxygen atoms in total. The summed E-state index contributed by atoms with van der Waals surface area (Å²) in [4.78, 5) is 43.7. The summed E-state index contributed by atoms with van der Waals surface area (Å²) in [5.41, 5.74) is -2.87. The van der Waals surface area contributed by atoms with E-state index in [0.717, 1.165) is 5.57 Å². The average Bonchev–Trinajstić information content (AvgIpc) is 2.92. The van der Waals surface area contributed by atoms with Gasteiger partial charge < -0.3 is 28.0 Å². The number of hydrogen-bond acceptors (Lipinski definition) is 7. The van der Waals surface area contributed by atoms with Gasteiger partial charge in [0, 0.05) is 17.3 Å². The molecule has 0 amide bonds. The first kappa shape index (κ1) is 30.3. The third kappa shape index (κ3) is 4.63. The summed E-state index contributed by atoms with van der Waals surface area (Å²) in [6.45, 7) is 2.82. The number of hydrogen-bond donors (Lipinski definition) is 5. The Hall–Kier alpha value is 1.07. The second-order valence-corrected chi connectivity index (χ2v) is 11.4. The Labute approximate surface area is 240 Å². The van der Waals surface area contributed by atoms with Crippen molar-refractivity contribution in [1.29, 1.82) is 0 Å². The van der Waals surface area contributed by atoms with Crippen molar-refractivity contribution in [2.75, 3.05) is 6.61 Å². The summed E-state index contributed by atoms with van der Waals surface area (Å²) < 4.78 is 16.8. The van der Waals surface area contributed by atoms with E-state index in [1.54, 1.807) is 13.8 Å². The smallest absolute Gasteiger partial charge is 1.00 e. The molecule has 5 N–H and O–H groups in total. The molecule has 4 aliphatic rings. The monoisotopic (exact) mass is 506 g/mol. The molecule has 0 saturated heterocycles. The van der Waals surface area contributed by atoms with Crippen LogP contribution in [0.3, 0.4) is 0 Å². The molecule has 0 aromatic carbocycles. The number of Topliss-reactive ketones (excluding diaryl/α,β-unsaturated/α-hetero) is 1. The zero-order valence-electron chi connectivity index (χ0n) is 21.7. The minimum absolute atomic E-state index is 0. The first-order chi connectivity index (χ1) is 14.3. The summed E-state index contributed by atoms with van der Waals surface area (Å²) >= 11 is 0. The summed E-state index contributed by atoms with van der Waals surface area (Å²) in [6.07, 6.45) is 1.28. The van der Waals surface area contributed by atoms with Gasteiger partial charge >= 0.3 is 66.9 Å². The molecule has 4 rings (SSSR count). The topological polar surface area (TPSA) is 162 Å². The van der Waals surface area contributed by atoms with Gasteiger partial charge in [0.2, 0.25) is 0 Å². The van der Waals surface area contributed by atoms with Crippen LogP contribution in [0.15, 0.2) is 11.6 Å². The van der Waals surface area contributed by atoms with Crippen LogP contribution in [0, 0.1) is 28.6 Å². The summed E-state index contributed by atoms with van der Waals surface area (Å²) in [5.74, 6) is -1.59. The molecule has 0 aromatic rings. The first-order valence-corrected chi connectivity index (χ1v) is 12.3. The molecule has 0 aromatic heterocycles. The Morgan fingerprint density at radius 2 is 1.91 bits per heavy atom. The van der Waals surface area contributed by atoms with Crippen molar-refractivity contribution in [3.05, 3.63) is 11.6 Å². The number of rotatable bonds is 4. The molecule has 8 atom stereocenters. The standard InChI is InChI=1S/C21H31O9P.2Na.2H/c1-19-9-15(24)18-13(14(19)5-6-21(19,26)16(25)10-22)4-3-11-7-12(23)8-17(20(11,18)2)30-31(27,28)29;;;;/h7,13-15,17-18,22,24,26H,3-6,8-10H2,1-2H3,(H2,27,28,29);;;;/q;2*+1;2*-1/t13-,14-,15-,17?,18+,19-,20+,21-;;;;/m0..../s1. The summed E-state index contributed by atoms with van der Waals surface area (Å²) in [5, 5.41) is 32.0. The molecule has 178 valence electrons. The quantitative estimate of drug-likeness (QED) is 0.186. The number of carbonyl (C=O) groups is 2. The van der Waals surface area contributed by atoms with Gasteiger partial charge in [-0.3, -0.25) is 14.1 Å². The maximum Gasteiger partial charge on any atom is 1.00 e. The van der Waals surface area contributed by atoms with E-state index in [-0.39, 0.29) is 98.8 Å². The molecule has 12 heteroatoms. The van der Waals surface area contributed by atoms with Gasteiger partial charge in [-0.05, 0) is 55.9 Å². The van der Waals surface area contributed by atoms with E-state index >= 15 is 0 Å². The molecule has 0 spiro atoms. The van der Waals surface area contributed by atoms with E-state index in [4.69, 9.17) is 4.52 Å². The van der Waals surface area contributed by atoms with Gasteiger partial charge in [0.1, 0.15) is 12.2 Å². The number of phosphoric acid groups is 1. The number of fused-ring (bicyclic) bond motifs is 5. The van der Waals surface area contributed by atoms with Crippen molar-refractivity contribution in [2.24, 2.45) is 28.6 Å². The zero-order valence-corrected chi connectivity index (χ0v) is 24.6. The van der Waals surface area contributed by atoms with Crippen LogP contribution in [-0.4, -0.2) is 61.1 Å². The predicted molar refractivity (Wildman–Crippen MR) is 110 cm³/mol. The first-order valence-electron chi connectivity index (χ1n) is 10.8. The average molecular weight is 506 g/mol. The van der Waals surface area contributed by atoms with Crippen molar-refractivity contribution in [2.45, 2.75) is 70.2 Å². The SMILES string of the molecule is C[C@]12C[C@H](O)[C@H]3[C@@H](CCC4=CC(=O)CC(OP(=O)(O)O)[C@@]43C)[C@@H]1CC[C@]2(O)C(=O)CO.[H-].[H-].[Na+].[Na+]. The Balaban J connectivity index is 0.00000289. The number of ketones is 2. The third-order valence-corrected chi connectivity index (χ3v) is 9.53. The van der Waals surface area contributed by atoms with Crippen molar-refractivity contribution < 1.29 is 106 Å². The van der Waals surface area contributed by atoms with Crippen LogP contribution in [0.1, 0.15) is 55.2 Å². The second-order valence-electron chi connectivity index (χ2n) is 10.2. The van der Waals surface area contributed by atoms with E-state index in [1.807, 2.05) is 0 Å². The van der Waals surface area contributed by atoms with Crippen LogP contribution in [-0.2, 0) is 18.7 Å². The fraction of sp³-hybridized carbons (Fsp3) is 0.810. The minimum Gasteiger partial charge on any atom is -1.00 e.